The molecule has 1 aromatic heterocycles. The van der Waals surface area contributed by atoms with Crippen LogP contribution in [-0.2, 0) is 0 Å². The van der Waals surface area contributed by atoms with Crippen molar-refractivity contribution in [3.63, 3.8) is 0 Å². The fraction of sp³-hybridized carbons (Fsp3) is 0.136. The second-order valence-electron chi connectivity index (χ2n) is 6.77. The number of carbonyl (C=O) groups is 1. The van der Waals surface area contributed by atoms with E-state index in [-0.39, 0.29) is 6.03 Å². The zero-order valence-corrected chi connectivity index (χ0v) is 17.6. The van der Waals surface area contributed by atoms with Gasteiger partial charge in [-0.25, -0.2) is 4.79 Å². The first-order valence-electron chi connectivity index (χ1n) is 9.23. The topological polar surface area (TPSA) is 71.3 Å². The highest BCUT2D eigenvalue weighted by atomic mass is 35.5. The third-order valence-corrected chi connectivity index (χ3v) is 5.34. The molecule has 0 fully saturated rings. The number of allylic oxidation sites excluding steroid dienone is 1. The van der Waals surface area contributed by atoms with Gasteiger partial charge >= 0.3 is 6.03 Å². The maximum absolute atomic E-state index is 12.7. The van der Waals surface area contributed by atoms with Crippen LogP contribution in [0.3, 0.4) is 0 Å². The van der Waals surface area contributed by atoms with Crippen molar-refractivity contribution in [2.24, 2.45) is 0 Å². The van der Waals surface area contributed by atoms with Crippen LogP contribution in [0.1, 0.15) is 24.4 Å². The summed E-state index contributed by atoms with van der Waals surface area (Å²) >= 11 is 12.2. The molecule has 2 aromatic carbocycles. The van der Waals surface area contributed by atoms with Crippen LogP contribution in [0.25, 0.3) is 17.0 Å². The van der Waals surface area contributed by atoms with Crippen LogP contribution in [0.15, 0.2) is 71.4 Å². The van der Waals surface area contributed by atoms with E-state index >= 15 is 0 Å². The van der Waals surface area contributed by atoms with Crippen molar-refractivity contribution in [2.75, 3.05) is 6.54 Å². The highest BCUT2D eigenvalue weighted by molar-refractivity contribution is 6.30. The second kappa shape index (κ2) is 8.34. The number of rotatable bonds is 5. The van der Waals surface area contributed by atoms with Crippen LogP contribution in [-0.4, -0.2) is 27.6 Å². The van der Waals surface area contributed by atoms with E-state index in [0.717, 1.165) is 11.1 Å². The molecule has 0 saturated heterocycles. The molecular formula is C22H18Cl2N4O2. The van der Waals surface area contributed by atoms with Gasteiger partial charge in [-0.15, -0.1) is 6.58 Å². The molecule has 3 aromatic rings. The quantitative estimate of drug-likeness (QED) is 0.514. The van der Waals surface area contributed by atoms with Gasteiger partial charge in [0.1, 0.15) is 0 Å². The predicted molar refractivity (Wildman–Crippen MR) is 117 cm³/mol. The van der Waals surface area contributed by atoms with Crippen molar-refractivity contribution in [3.05, 3.63) is 88.4 Å². The van der Waals surface area contributed by atoms with Gasteiger partial charge in [-0.3, -0.25) is 4.90 Å². The Balaban J connectivity index is 1.82. The third kappa shape index (κ3) is 3.84. The molecule has 0 saturated carbocycles. The lowest BCUT2D eigenvalue weighted by molar-refractivity contribution is 0.209. The molecule has 0 radical (unpaired) electrons. The lowest BCUT2D eigenvalue weighted by Gasteiger charge is -2.34. The van der Waals surface area contributed by atoms with Crippen LogP contribution in [0.5, 0.6) is 0 Å². The van der Waals surface area contributed by atoms with Gasteiger partial charge in [0.05, 0.1) is 11.6 Å². The molecule has 0 aliphatic carbocycles. The molecule has 0 spiro atoms. The largest absolute Gasteiger partial charge is 0.334 e. The van der Waals surface area contributed by atoms with Gasteiger partial charge in [0.25, 0.3) is 5.89 Å². The van der Waals surface area contributed by atoms with Gasteiger partial charge in [-0.05, 0) is 48.9 Å². The number of hydrogen-bond donors (Lipinski definition) is 1. The summed E-state index contributed by atoms with van der Waals surface area (Å²) in [5.41, 5.74) is 2.99. The average molecular weight is 441 g/mol. The number of nitrogens with one attached hydrogen (secondary N) is 1. The molecule has 4 rings (SSSR count). The van der Waals surface area contributed by atoms with Crippen molar-refractivity contribution in [3.8, 4) is 11.4 Å². The first-order valence-corrected chi connectivity index (χ1v) is 9.98. The van der Waals surface area contributed by atoms with E-state index in [1.807, 2.05) is 31.2 Å². The molecule has 8 heteroatoms. The maximum atomic E-state index is 12.7. The first-order chi connectivity index (χ1) is 14.5. The average Bonchev–Trinajstić information content (AvgIpc) is 3.21. The number of benzene rings is 2. The fourth-order valence-electron chi connectivity index (χ4n) is 3.39. The summed E-state index contributed by atoms with van der Waals surface area (Å²) in [6.45, 7) is 5.93. The lowest BCUT2D eigenvalue weighted by Crippen LogP contribution is -2.46. The number of halogens is 2. The molecule has 1 N–H and O–H groups in total. The number of nitrogens with zero attached hydrogens (tertiary/aromatic N) is 3. The molecule has 2 amide bonds. The van der Waals surface area contributed by atoms with Crippen molar-refractivity contribution >= 4 is 34.8 Å². The molecule has 152 valence electrons. The zero-order valence-electron chi connectivity index (χ0n) is 16.1. The summed E-state index contributed by atoms with van der Waals surface area (Å²) < 4.78 is 5.61. The number of urea groups is 1. The van der Waals surface area contributed by atoms with Crippen molar-refractivity contribution < 1.29 is 9.32 Å². The Morgan fingerprint density at radius 1 is 1.20 bits per heavy atom. The van der Waals surface area contributed by atoms with E-state index in [1.54, 1.807) is 35.2 Å². The van der Waals surface area contributed by atoms with Gasteiger partial charge in [0.2, 0.25) is 5.82 Å². The first kappa shape index (κ1) is 20.2. The monoisotopic (exact) mass is 440 g/mol. The minimum Gasteiger partial charge on any atom is -0.334 e. The third-order valence-electron chi connectivity index (χ3n) is 4.85. The molecule has 30 heavy (non-hydrogen) atoms. The van der Waals surface area contributed by atoms with Gasteiger partial charge in [0, 0.05) is 27.9 Å². The summed E-state index contributed by atoms with van der Waals surface area (Å²) in [7, 11) is 0. The summed E-state index contributed by atoms with van der Waals surface area (Å²) in [5.74, 6) is 0.746. The SMILES string of the molecule is C=CCN1C(=O)NC(c2cccc(Cl)c2)C(c2nc(-c3ccc(Cl)cc3)no2)=C1C. The van der Waals surface area contributed by atoms with Gasteiger partial charge < -0.3 is 9.84 Å². The van der Waals surface area contributed by atoms with Crippen LogP contribution in [0.4, 0.5) is 4.79 Å². The lowest BCUT2D eigenvalue weighted by atomic mass is 9.94. The predicted octanol–water partition coefficient (Wildman–Crippen LogP) is 5.73. The molecule has 2 heterocycles. The summed E-state index contributed by atoms with van der Waals surface area (Å²) in [6.07, 6.45) is 1.66. The Morgan fingerprint density at radius 2 is 1.97 bits per heavy atom. The van der Waals surface area contributed by atoms with Crippen LogP contribution < -0.4 is 5.32 Å². The Hall–Kier alpha value is -3.09. The van der Waals surface area contributed by atoms with E-state index in [1.165, 1.54) is 0 Å². The molecule has 1 aliphatic heterocycles. The Labute approximate surface area is 183 Å². The standard InChI is InChI=1S/C22H18Cl2N4O2/c1-3-11-28-13(2)18(19(25-22(28)29)15-5-4-6-17(24)12-15)21-26-20(27-30-21)14-7-9-16(23)10-8-14/h3-10,12,19H,1,11H2,2H3,(H,25,29). The Kier molecular flexibility index (Phi) is 5.61. The van der Waals surface area contributed by atoms with Gasteiger partial charge in [-0.1, -0.05) is 46.6 Å². The van der Waals surface area contributed by atoms with Gasteiger partial charge in [-0.2, -0.15) is 4.98 Å². The highest BCUT2D eigenvalue weighted by Gasteiger charge is 2.35. The molecule has 1 atom stereocenters. The molecule has 1 unspecified atom stereocenters. The van der Waals surface area contributed by atoms with Crippen LogP contribution >= 0.6 is 23.2 Å². The molecular weight excluding hydrogens is 423 g/mol. The zero-order chi connectivity index (χ0) is 21.3. The number of hydrogen-bond acceptors (Lipinski definition) is 4. The maximum Gasteiger partial charge on any atom is 0.322 e. The van der Waals surface area contributed by atoms with Crippen LogP contribution in [0, 0.1) is 0 Å². The van der Waals surface area contributed by atoms with Crippen molar-refractivity contribution in [1.82, 2.24) is 20.4 Å². The smallest absolute Gasteiger partial charge is 0.322 e. The Morgan fingerprint density at radius 3 is 2.67 bits per heavy atom. The Bertz CT molecular complexity index is 1140. The highest BCUT2D eigenvalue weighted by Crippen LogP contribution is 2.37. The second-order valence-corrected chi connectivity index (χ2v) is 7.64. The van der Waals surface area contributed by atoms with E-state index in [4.69, 9.17) is 27.7 Å². The van der Waals surface area contributed by atoms with Crippen molar-refractivity contribution in [2.45, 2.75) is 13.0 Å². The number of carbonyl (C=O) groups excluding carboxylic acids is 1. The fourth-order valence-corrected chi connectivity index (χ4v) is 3.72. The van der Waals surface area contributed by atoms with Crippen molar-refractivity contribution in [1.29, 1.82) is 0 Å². The van der Waals surface area contributed by atoms with E-state index in [9.17, 15) is 4.79 Å². The van der Waals surface area contributed by atoms with E-state index < -0.39 is 6.04 Å². The minimum absolute atomic E-state index is 0.237. The summed E-state index contributed by atoms with van der Waals surface area (Å²) in [6, 6.07) is 13.7. The molecule has 0 bridgehead atoms. The normalized spacial score (nSPS) is 16.6. The summed E-state index contributed by atoms with van der Waals surface area (Å²) in [4.78, 5) is 18.9. The molecule has 1 aliphatic rings. The minimum atomic E-state index is -0.490. The number of aromatic nitrogens is 2. The van der Waals surface area contributed by atoms with Crippen LogP contribution in [0.2, 0.25) is 10.0 Å². The molecule has 6 nitrogen and oxygen atoms in total. The van der Waals surface area contributed by atoms with Gasteiger partial charge in [0.15, 0.2) is 0 Å². The number of amides is 2. The van der Waals surface area contributed by atoms with E-state index in [0.29, 0.717) is 39.6 Å². The summed E-state index contributed by atoms with van der Waals surface area (Å²) in [5, 5.41) is 8.32. The van der Waals surface area contributed by atoms with E-state index in [2.05, 4.69) is 22.0 Å².